The van der Waals surface area contributed by atoms with Gasteiger partial charge in [0.05, 0.1) is 19.8 Å². The molecule has 1 atom stereocenters. The average molecular weight is 390 g/mol. The maximum Gasteiger partial charge on any atom is 0.408 e. The minimum atomic E-state index is -0.676. The van der Waals surface area contributed by atoms with Gasteiger partial charge in [-0.15, -0.1) is 0 Å². The van der Waals surface area contributed by atoms with E-state index in [4.69, 9.17) is 18.6 Å². The van der Waals surface area contributed by atoms with E-state index in [9.17, 15) is 9.59 Å². The molecule has 1 N–H and O–H groups in total. The van der Waals surface area contributed by atoms with Crippen LogP contribution in [0.1, 0.15) is 55.5 Å². The van der Waals surface area contributed by atoms with Crippen molar-refractivity contribution in [3.8, 4) is 5.75 Å². The Labute approximate surface area is 164 Å². The van der Waals surface area contributed by atoms with Gasteiger partial charge in [0.15, 0.2) is 17.8 Å². The topological polar surface area (TPSA) is 99.9 Å². The van der Waals surface area contributed by atoms with E-state index in [-0.39, 0.29) is 18.1 Å². The lowest BCUT2D eigenvalue weighted by Gasteiger charge is -2.23. The molecule has 0 saturated heterocycles. The first kappa shape index (κ1) is 21.3. The van der Waals surface area contributed by atoms with E-state index in [1.54, 1.807) is 34.8 Å². The van der Waals surface area contributed by atoms with Crippen molar-refractivity contribution in [1.29, 1.82) is 0 Å². The lowest BCUT2D eigenvalue weighted by Crippen LogP contribution is -2.36. The van der Waals surface area contributed by atoms with Crippen LogP contribution in [0.25, 0.3) is 0 Å². The van der Waals surface area contributed by atoms with Crippen molar-refractivity contribution in [3.63, 3.8) is 0 Å². The highest BCUT2D eigenvalue weighted by Gasteiger charge is 2.29. The van der Waals surface area contributed by atoms with Crippen LogP contribution >= 0.6 is 0 Å². The molecule has 8 nitrogen and oxygen atoms in total. The van der Waals surface area contributed by atoms with Crippen LogP contribution in [0.2, 0.25) is 0 Å². The number of rotatable bonds is 7. The van der Waals surface area contributed by atoms with Gasteiger partial charge in [-0.1, -0.05) is 12.1 Å². The lowest BCUT2D eigenvalue weighted by atomic mass is 10.0. The van der Waals surface area contributed by atoms with Crippen molar-refractivity contribution >= 4 is 12.1 Å². The Kier molecular flexibility index (Phi) is 7.03. The lowest BCUT2D eigenvalue weighted by molar-refractivity contribution is 0.0476. The zero-order valence-electron chi connectivity index (χ0n) is 16.8. The number of nitrogens with zero attached hydrogens (tertiary/aromatic N) is 1. The molecule has 1 aromatic heterocycles. The third-order valence-corrected chi connectivity index (χ3v) is 3.67. The quantitative estimate of drug-likeness (QED) is 0.720. The maximum absolute atomic E-state index is 12.3. The van der Waals surface area contributed by atoms with E-state index in [1.807, 2.05) is 24.3 Å². The van der Waals surface area contributed by atoms with Crippen molar-refractivity contribution in [2.75, 3.05) is 13.7 Å². The molecular weight excluding hydrogens is 364 g/mol. The van der Waals surface area contributed by atoms with Crippen molar-refractivity contribution in [2.24, 2.45) is 0 Å². The van der Waals surface area contributed by atoms with Crippen LogP contribution in [0, 0.1) is 0 Å². The number of hydrogen-bond donors (Lipinski definition) is 1. The molecule has 1 aromatic carbocycles. The summed E-state index contributed by atoms with van der Waals surface area (Å²) >= 11 is 0. The standard InChI is InChI=1S/C20H26N2O6/c1-6-26-18(23)16-17(27-12-21-16)15(22-19(24)28-20(2,3)4)11-13-7-9-14(25-5)10-8-13/h7-10,12,15H,6,11H2,1-5H3,(H,22,24). The summed E-state index contributed by atoms with van der Waals surface area (Å²) in [4.78, 5) is 28.5. The molecule has 0 aliphatic rings. The van der Waals surface area contributed by atoms with Gasteiger partial charge in [0, 0.05) is 6.42 Å². The van der Waals surface area contributed by atoms with E-state index in [2.05, 4.69) is 10.3 Å². The predicted molar refractivity (Wildman–Crippen MR) is 101 cm³/mol. The Morgan fingerprint density at radius 2 is 1.89 bits per heavy atom. The van der Waals surface area contributed by atoms with Crippen molar-refractivity contribution in [2.45, 2.75) is 45.8 Å². The second kappa shape index (κ2) is 9.25. The highest BCUT2D eigenvalue weighted by molar-refractivity contribution is 5.88. The van der Waals surface area contributed by atoms with Crippen LogP contribution in [-0.4, -0.2) is 36.4 Å². The minimum Gasteiger partial charge on any atom is -0.497 e. The Morgan fingerprint density at radius 1 is 1.21 bits per heavy atom. The normalized spacial score (nSPS) is 12.2. The Bertz CT molecular complexity index is 792. The largest absolute Gasteiger partial charge is 0.497 e. The summed E-state index contributed by atoms with van der Waals surface area (Å²) < 4.78 is 21.0. The number of aromatic nitrogens is 1. The fourth-order valence-electron chi connectivity index (χ4n) is 2.51. The first-order valence-electron chi connectivity index (χ1n) is 8.96. The minimum absolute atomic E-state index is 0.0245. The number of hydrogen-bond acceptors (Lipinski definition) is 7. The van der Waals surface area contributed by atoms with Crippen LogP contribution in [-0.2, 0) is 15.9 Å². The summed E-state index contributed by atoms with van der Waals surface area (Å²) in [5.41, 5.74) is 0.254. The van der Waals surface area contributed by atoms with Gasteiger partial charge in [0.1, 0.15) is 11.4 Å². The summed E-state index contributed by atoms with van der Waals surface area (Å²) in [5, 5.41) is 2.76. The van der Waals surface area contributed by atoms with Gasteiger partial charge in [-0.2, -0.15) is 0 Å². The fraction of sp³-hybridized carbons (Fsp3) is 0.450. The number of methoxy groups -OCH3 is 1. The maximum atomic E-state index is 12.3. The van der Waals surface area contributed by atoms with Gasteiger partial charge in [0.2, 0.25) is 0 Å². The van der Waals surface area contributed by atoms with Gasteiger partial charge in [-0.25, -0.2) is 14.6 Å². The SMILES string of the molecule is CCOC(=O)c1ncoc1C(Cc1ccc(OC)cc1)NC(=O)OC(C)(C)C. The number of amides is 1. The molecule has 28 heavy (non-hydrogen) atoms. The van der Waals surface area contributed by atoms with Crippen LogP contribution in [0.5, 0.6) is 5.75 Å². The monoisotopic (exact) mass is 390 g/mol. The second-order valence-corrected chi connectivity index (χ2v) is 7.04. The number of oxazole rings is 1. The molecular formula is C20H26N2O6. The van der Waals surface area contributed by atoms with E-state index in [1.165, 1.54) is 0 Å². The molecule has 8 heteroatoms. The number of carbonyl (C=O) groups is 2. The summed E-state index contributed by atoms with van der Waals surface area (Å²) in [6, 6.07) is 6.68. The highest BCUT2D eigenvalue weighted by atomic mass is 16.6. The fourth-order valence-corrected chi connectivity index (χ4v) is 2.51. The van der Waals surface area contributed by atoms with Gasteiger partial charge in [0.25, 0.3) is 0 Å². The van der Waals surface area contributed by atoms with Crippen LogP contribution < -0.4 is 10.1 Å². The molecule has 0 spiro atoms. The molecule has 152 valence electrons. The van der Waals surface area contributed by atoms with Crippen molar-refractivity contribution < 1.29 is 28.2 Å². The molecule has 2 aromatic rings. The summed E-state index contributed by atoms with van der Waals surface area (Å²) in [5.74, 6) is 0.310. The third-order valence-electron chi connectivity index (χ3n) is 3.67. The third kappa shape index (κ3) is 6.00. The summed E-state index contributed by atoms with van der Waals surface area (Å²) in [6.07, 6.45) is 0.877. The molecule has 0 aliphatic carbocycles. The number of ether oxygens (including phenoxy) is 3. The average Bonchev–Trinajstić information content (AvgIpc) is 3.10. The zero-order chi connectivity index (χ0) is 20.7. The first-order valence-corrected chi connectivity index (χ1v) is 8.96. The van der Waals surface area contributed by atoms with Gasteiger partial charge < -0.3 is 23.9 Å². The number of alkyl carbamates (subject to hydrolysis) is 1. The number of benzene rings is 1. The predicted octanol–water partition coefficient (Wildman–Crippen LogP) is 3.67. The first-order chi connectivity index (χ1) is 13.2. The summed E-state index contributed by atoms with van der Waals surface area (Å²) in [6.45, 7) is 7.20. The molecule has 1 unspecified atom stereocenters. The summed E-state index contributed by atoms with van der Waals surface area (Å²) in [7, 11) is 1.59. The van der Waals surface area contributed by atoms with Crippen molar-refractivity contribution in [1.82, 2.24) is 10.3 Å². The molecule has 0 aliphatic heterocycles. The van der Waals surface area contributed by atoms with E-state index < -0.39 is 23.7 Å². The van der Waals surface area contributed by atoms with Crippen molar-refractivity contribution in [3.05, 3.63) is 47.7 Å². The molecule has 0 bridgehead atoms. The second-order valence-electron chi connectivity index (χ2n) is 7.04. The highest BCUT2D eigenvalue weighted by Crippen LogP contribution is 2.24. The Morgan fingerprint density at radius 3 is 2.46 bits per heavy atom. The Balaban J connectivity index is 2.29. The van der Waals surface area contributed by atoms with Gasteiger partial charge in [-0.3, -0.25) is 0 Å². The smallest absolute Gasteiger partial charge is 0.408 e. The molecule has 0 radical (unpaired) electrons. The van der Waals surface area contributed by atoms with Crippen LogP contribution in [0.15, 0.2) is 35.1 Å². The molecule has 0 saturated carbocycles. The van der Waals surface area contributed by atoms with E-state index in [0.717, 1.165) is 12.0 Å². The van der Waals surface area contributed by atoms with E-state index in [0.29, 0.717) is 12.2 Å². The van der Waals surface area contributed by atoms with Gasteiger partial charge in [-0.05, 0) is 45.4 Å². The van der Waals surface area contributed by atoms with Crippen LogP contribution in [0.4, 0.5) is 4.79 Å². The van der Waals surface area contributed by atoms with Gasteiger partial charge >= 0.3 is 12.1 Å². The molecule has 1 amide bonds. The van der Waals surface area contributed by atoms with Crippen LogP contribution in [0.3, 0.4) is 0 Å². The molecule has 2 rings (SSSR count). The number of nitrogens with one attached hydrogen (secondary N) is 1. The molecule has 0 fully saturated rings. The zero-order valence-corrected chi connectivity index (χ0v) is 16.8. The Hall–Kier alpha value is -3.03. The number of esters is 1. The van der Waals surface area contributed by atoms with E-state index >= 15 is 0 Å². The number of carbonyl (C=O) groups excluding carboxylic acids is 2. The molecule has 1 heterocycles.